The van der Waals surface area contributed by atoms with Gasteiger partial charge in [0, 0.05) is 12.6 Å². The lowest BCUT2D eigenvalue weighted by Gasteiger charge is -2.28. The van der Waals surface area contributed by atoms with Gasteiger partial charge in [0.1, 0.15) is 0 Å². The van der Waals surface area contributed by atoms with Gasteiger partial charge in [-0.05, 0) is 30.4 Å². The Bertz CT molecular complexity index is 370. The summed E-state index contributed by atoms with van der Waals surface area (Å²) in [5, 5.41) is 13.4. The molecule has 1 aromatic rings. The van der Waals surface area contributed by atoms with E-state index in [1.807, 2.05) is 4.90 Å². The van der Waals surface area contributed by atoms with Crippen LogP contribution in [0.2, 0.25) is 0 Å². The first-order valence-corrected chi connectivity index (χ1v) is 6.73. The minimum atomic E-state index is -0.0868. The molecule has 1 saturated carbocycles. The number of nitrogens with zero attached hydrogens (tertiary/aromatic N) is 4. The summed E-state index contributed by atoms with van der Waals surface area (Å²) in [7, 11) is 0. The van der Waals surface area contributed by atoms with Crippen LogP contribution in [0.1, 0.15) is 56.6 Å². The van der Waals surface area contributed by atoms with Crippen LogP contribution < -0.4 is 0 Å². The first kappa shape index (κ1) is 13.0. The Morgan fingerprint density at radius 3 is 2.72 bits per heavy atom. The number of hydrogen-bond donors (Lipinski definition) is 1. The van der Waals surface area contributed by atoms with Crippen molar-refractivity contribution in [2.24, 2.45) is 5.92 Å². The van der Waals surface area contributed by atoms with Crippen LogP contribution in [0.15, 0.2) is 0 Å². The molecule has 1 heterocycles. The number of rotatable bonds is 5. The maximum absolute atomic E-state index is 12.3. The van der Waals surface area contributed by atoms with E-state index in [2.05, 4.69) is 34.5 Å². The third kappa shape index (κ3) is 3.05. The number of carbonyl (C=O) groups excluding carboxylic acids is 1. The van der Waals surface area contributed by atoms with Gasteiger partial charge < -0.3 is 4.90 Å². The van der Waals surface area contributed by atoms with Crippen molar-refractivity contribution in [1.29, 1.82) is 0 Å². The van der Waals surface area contributed by atoms with Crippen LogP contribution in [0.3, 0.4) is 0 Å². The van der Waals surface area contributed by atoms with E-state index >= 15 is 0 Å². The highest BCUT2D eigenvalue weighted by Gasteiger charge is 2.29. The van der Waals surface area contributed by atoms with Gasteiger partial charge in [-0.15, -0.1) is 10.2 Å². The number of carbonyl (C=O) groups is 1. The Morgan fingerprint density at radius 2 is 2.17 bits per heavy atom. The lowest BCUT2D eigenvalue weighted by Crippen LogP contribution is -2.40. The van der Waals surface area contributed by atoms with E-state index in [0.29, 0.717) is 12.0 Å². The monoisotopic (exact) mass is 251 g/mol. The highest BCUT2D eigenvalue weighted by atomic mass is 16.2. The molecular weight excluding hydrogens is 230 g/mol. The minimum absolute atomic E-state index is 0.0868. The number of aromatic nitrogens is 4. The van der Waals surface area contributed by atoms with Gasteiger partial charge in [-0.3, -0.25) is 4.79 Å². The number of tetrazole rings is 1. The molecule has 6 heteroatoms. The minimum Gasteiger partial charge on any atom is -0.333 e. The van der Waals surface area contributed by atoms with E-state index < -0.39 is 0 Å². The van der Waals surface area contributed by atoms with Crippen LogP contribution in [-0.2, 0) is 0 Å². The van der Waals surface area contributed by atoms with Crippen molar-refractivity contribution in [3.63, 3.8) is 0 Å². The van der Waals surface area contributed by atoms with Crippen LogP contribution >= 0.6 is 0 Å². The quantitative estimate of drug-likeness (QED) is 0.863. The fourth-order valence-corrected chi connectivity index (χ4v) is 2.44. The molecule has 1 fully saturated rings. The molecular formula is C12H21N5O. The summed E-state index contributed by atoms with van der Waals surface area (Å²) in [6.45, 7) is 5.13. The molecule has 1 amide bonds. The van der Waals surface area contributed by atoms with Gasteiger partial charge in [0.25, 0.3) is 11.7 Å². The van der Waals surface area contributed by atoms with Gasteiger partial charge in [0.15, 0.2) is 0 Å². The van der Waals surface area contributed by atoms with E-state index in [1.54, 1.807) is 0 Å². The molecule has 6 nitrogen and oxygen atoms in total. The zero-order valence-electron chi connectivity index (χ0n) is 11.1. The number of hydrogen-bond acceptors (Lipinski definition) is 4. The van der Waals surface area contributed by atoms with Crippen LogP contribution in [0.25, 0.3) is 0 Å². The zero-order chi connectivity index (χ0) is 13.0. The molecule has 1 N–H and O–H groups in total. The van der Waals surface area contributed by atoms with Gasteiger partial charge in [-0.1, -0.05) is 26.7 Å². The van der Waals surface area contributed by atoms with Crippen molar-refractivity contribution >= 4 is 5.91 Å². The maximum Gasteiger partial charge on any atom is 0.295 e. The fourth-order valence-electron chi connectivity index (χ4n) is 2.44. The molecule has 1 aliphatic rings. The molecule has 1 aromatic heterocycles. The SMILES string of the molecule is CC(C)CCN(C(=O)c1nn[nH]n1)C1CCCC1. The first-order chi connectivity index (χ1) is 8.68. The molecule has 0 aliphatic heterocycles. The maximum atomic E-state index is 12.3. The van der Waals surface area contributed by atoms with Crippen molar-refractivity contribution in [3.05, 3.63) is 5.82 Å². The molecule has 0 radical (unpaired) electrons. The second-order valence-corrected chi connectivity index (χ2v) is 5.35. The molecule has 0 unspecified atom stereocenters. The predicted molar refractivity (Wildman–Crippen MR) is 66.9 cm³/mol. The largest absolute Gasteiger partial charge is 0.333 e. The fraction of sp³-hybridized carbons (Fsp3) is 0.833. The van der Waals surface area contributed by atoms with Crippen LogP contribution in [0.4, 0.5) is 0 Å². The Labute approximate surface area is 107 Å². The van der Waals surface area contributed by atoms with Gasteiger partial charge in [-0.25, -0.2) is 0 Å². The molecule has 0 atom stereocenters. The smallest absolute Gasteiger partial charge is 0.295 e. The van der Waals surface area contributed by atoms with E-state index in [9.17, 15) is 4.79 Å². The third-order valence-corrected chi connectivity index (χ3v) is 3.51. The van der Waals surface area contributed by atoms with Crippen LogP contribution in [0.5, 0.6) is 0 Å². The Morgan fingerprint density at radius 1 is 1.44 bits per heavy atom. The number of nitrogens with one attached hydrogen (secondary N) is 1. The zero-order valence-corrected chi connectivity index (χ0v) is 11.1. The van der Waals surface area contributed by atoms with Gasteiger partial charge in [-0.2, -0.15) is 5.21 Å². The first-order valence-electron chi connectivity index (χ1n) is 6.73. The Balaban J connectivity index is 2.05. The molecule has 0 saturated heterocycles. The second-order valence-electron chi connectivity index (χ2n) is 5.35. The Hall–Kier alpha value is -1.46. The summed E-state index contributed by atoms with van der Waals surface area (Å²) in [4.78, 5) is 14.3. The molecule has 18 heavy (non-hydrogen) atoms. The highest BCUT2D eigenvalue weighted by Crippen LogP contribution is 2.25. The molecule has 0 aromatic carbocycles. The molecule has 100 valence electrons. The van der Waals surface area contributed by atoms with Crippen LogP contribution in [0, 0.1) is 5.92 Å². The standard InChI is InChI=1S/C12H21N5O/c1-9(2)7-8-17(10-5-3-4-6-10)12(18)11-13-15-16-14-11/h9-10H,3-8H2,1-2H3,(H,13,14,15,16). The summed E-state index contributed by atoms with van der Waals surface area (Å²) in [5.41, 5.74) is 0. The topological polar surface area (TPSA) is 74.8 Å². The van der Waals surface area contributed by atoms with E-state index in [1.165, 1.54) is 12.8 Å². The van der Waals surface area contributed by atoms with Crippen molar-refractivity contribution in [1.82, 2.24) is 25.5 Å². The van der Waals surface area contributed by atoms with Crippen molar-refractivity contribution in [2.75, 3.05) is 6.54 Å². The Kier molecular flexibility index (Phi) is 4.28. The lowest BCUT2D eigenvalue weighted by atomic mass is 10.1. The molecule has 1 aliphatic carbocycles. The van der Waals surface area contributed by atoms with E-state index in [-0.39, 0.29) is 11.7 Å². The molecule has 0 bridgehead atoms. The van der Waals surface area contributed by atoms with Crippen molar-refractivity contribution in [2.45, 2.75) is 52.0 Å². The summed E-state index contributed by atoms with van der Waals surface area (Å²) >= 11 is 0. The van der Waals surface area contributed by atoms with Crippen molar-refractivity contribution < 1.29 is 4.79 Å². The summed E-state index contributed by atoms with van der Waals surface area (Å²) in [6.07, 6.45) is 5.63. The molecule has 0 spiro atoms. The normalized spacial score (nSPS) is 16.4. The summed E-state index contributed by atoms with van der Waals surface area (Å²) in [5.74, 6) is 0.689. The van der Waals surface area contributed by atoms with E-state index in [0.717, 1.165) is 25.8 Å². The van der Waals surface area contributed by atoms with E-state index in [4.69, 9.17) is 0 Å². The highest BCUT2D eigenvalue weighted by molar-refractivity contribution is 5.90. The lowest BCUT2D eigenvalue weighted by molar-refractivity contribution is 0.0659. The molecule has 2 rings (SSSR count). The average Bonchev–Trinajstić information content (AvgIpc) is 3.01. The summed E-state index contributed by atoms with van der Waals surface area (Å²) < 4.78 is 0. The van der Waals surface area contributed by atoms with Crippen LogP contribution in [-0.4, -0.2) is 44.0 Å². The summed E-state index contributed by atoms with van der Waals surface area (Å²) in [6, 6.07) is 0.356. The van der Waals surface area contributed by atoms with Crippen molar-refractivity contribution in [3.8, 4) is 0 Å². The average molecular weight is 251 g/mol. The predicted octanol–water partition coefficient (Wildman–Crippen LogP) is 1.63. The number of H-pyrrole nitrogens is 1. The van der Waals surface area contributed by atoms with Gasteiger partial charge >= 0.3 is 0 Å². The third-order valence-electron chi connectivity index (χ3n) is 3.51. The number of amides is 1. The van der Waals surface area contributed by atoms with Gasteiger partial charge in [0.05, 0.1) is 0 Å². The van der Waals surface area contributed by atoms with Gasteiger partial charge in [0.2, 0.25) is 0 Å². The second kappa shape index (κ2) is 5.93. The number of aromatic amines is 1.